The van der Waals surface area contributed by atoms with E-state index in [0.29, 0.717) is 23.9 Å². The van der Waals surface area contributed by atoms with Gasteiger partial charge < -0.3 is 19.9 Å². The number of likely N-dealkylation sites (tertiary alicyclic amines) is 1. The Hall–Kier alpha value is -2.16. The van der Waals surface area contributed by atoms with E-state index in [0.717, 1.165) is 38.8 Å². The highest BCUT2D eigenvalue weighted by atomic mass is 32.1. The Labute approximate surface area is 142 Å². The third-order valence-electron chi connectivity index (χ3n) is 4.95. The highest BCUT2D eigenvalue weighted by molar-refractivity contribution is 7.15. The van der Waals surface area contributed by atoms with Crippen molar-refractivity contribution in [2.45, 2.75) is 25.7 Å². The molecule has 2 aromatic heterocycles. The lowest BCUT2D eigenvalue weighted by Gasteiger charge is -2.32. The van der Waals surface area contributed by atoms with E-state index in [4.69, 9.17) is 0 Å². The summed E-state index contributed by atoms with van der Waals surface area (Å²) >= 11 is 1.39. The number of nitrogens with zero attached hydrogens (tertiary/aromatic N) is 5. The van der Waals surface area contributed by atoms with Crippen molar-refractivity contribution in [2.24, 2.45) is 5.92 Å². The third kappa shape index (κ3) is 2.52. The lowest BCUT2D eigenvalue weighted by Crippen LogP contribution is -2.42. The van der Waals surface area contributed by atoms with E-state index in [1.165, 1.54) is 15.7 Å². The van der Waals surface area contributed by atoms with Gasteiger partial charge in [-0.2, -0.15) is 9.38 Å². The maximum Gasteiger partial charge on any atom is 0.373 e. The SMILES string of the molecule is O=C(C1CCN(c2nc3sccn3c2[N+](=O)[O-])CC1)N1CCCC1. The molecule has 24 heavy (non-hydrogen) atoms. The lowest BCUT2D eigenvalue weighted by atomic mass is 9.95. The van der Waals surface area contributed by atoms with Gasteiger partial charge in [0, 0.05) is 37.5 Å². The van der Waals surface area contributed by atoms with Crippen molar-refractivity contribution in [3.05, 3.63) is 21.7 Å². The zero-order valence-electron chi connectivity index (χ0n) is 13.3. The number of anilines is 1. The van der Waals surface area contributed by atoms with Crippen LogP contribution in [-0.2, 0) is 4.79 Å². The molecule has 4 rings (SSSR count). The summed E-state index contributed by atoms with van der Waals surface area (Å²) in [6.07, 6.45) is 5.35. The van der Waals surface area contributed by atoms with Gasteiger partial charge in [-0.05, 0) is 30.6 Å². The predicted molar refractivity (Wildman–Crippen MR) is 90.5 cm³/mol. The minimum atomic E-state index is -0.372. The summed E-state index contributed by atoms with van der Waals surface area (Å²) in [6.45, 7) is 3.02. The van der Waals surface area contributed by atoms with Crippen LogP contribution >= 0.6 is 11.3 Å². The fourth-order valence-corrected chi connectivity index (χ4v) is 4.38. The molecule has 0 N–H and O–H groups in total. The molecule has 2 aromatic rings. The average molecular weight is 349 g/mol. The molecule has 2 aliphatic rings. The number of imidazole rings is 1. The van der Waals surface area contributed by atoms with Gasteiger partial charge in [0.1, 0.15) is 6.20 Å². The number of aromatic nitrogens is 2. The summed E-state index contributed by atoms with van der Waals surface area (Å²) in [5, 5.41) is 13.2. The second kappa shape index (κ2) is 6.04. The van der Waals surface area contributed by atoms with Crippen molar-refractivity contribution in [1.82, 2.24) is 14.3 Å². The van der Waals surface area contributed by atoms with Crippen LogP contribution in [0.2, 0.25) is 0 Å². The maximum atomic E-state index is 12.5. The number of carbonyl (C=O) groups excluding carboxylic acids is 1. The Morgan fingerprint density at radius 3 is 2.62 bits per heavy atom. The zero-order chi connectivity index (χ0) is 16.7. The van der Waals surface area contributed by atoms with Crippen LogP contribution in [0.3, 0.4) is 0 Å². The summed E-state index contributed by atoms with van der Waals surface area (Å²) in [5.74, 6) is 0.754. The first-order valence-corrected chi connectivity index (χ1v) is 9.17. The Morgan fingerprint density at radius 1 is 1.25 bits per heavy atom. The van der Waals surface area contributed by atoms with Gasteiger partial charge in [-0.15, -0.1) is 0 Å². The molecular weight excluding hydrogens is 330 g/mol. The van der Waals surface area contributed by atoms with Crippen molar-refractivity contribution >= 4 is 33.8 Å². The molecule has 2 aliphatic heterocycles. The minimum absolute atomic E-state index is 0.0237. The molecule has 4 heterocycles. The number of nitro groups is 1. The molecule has 0 bridgehead atoms. The van der Waals surface area contributed by atoms with Crippen molar-refractivity contribution in [3.8, 4) is 0 Å². The minimum Gasteiger partial charge on any atom is -0.358 e. The summed E-state index contributed by atoms with van der Waals surface area (Å²) < 4.78 is 1.53. The third-order valence-corrected chi connectivity index (χ3v) is 5.71. The number of hydrogen-bond acceptors (Lipinski definition) is 6. The summed E-state index contributed by atoms with van der Waals surface area (Å²) in [5.41, 5.74) is 0. The maximum absolute atomic E-state index is 12.5. The molecule has 2 saturated heterocycles. The Morgan fingerprint density at radius 2 is 1.96 bits per heavy atom. The number of thiazole rings is 1. The van der Waals surface area contributed by atoms with Gasteiger partial charge in [0.15, 0.2) is 0 Å². The summed E-state index contributed by atoms with van der Waals surface area (Å²) in [6, 6.07) is 0. The smallest absolute Gasteiger partial charge is 0.358 e. The normalized spacial score (nSPS) is 19.3. The zero-order valence-corrected chi connectivity index (χ0v) is 14.1. The molecule has 0 radical (unpaired) electrons. The van der Waals surface area contributed by atoms with E-state index in [2.05, 4.69) is 4.98 Å². The molecule has 0 unspecified atom stereocenters. The number of rotatable bonds is 3. The molecule has 0 aliphatic carbocycles. The highest BCUT2D eigenvalue weighted by Gasteiger charge is 2.34. The topological polar surface area (TPSA) is 84.0 Å². The first-order chi connectivity index (χ1) is 11.6. The van der Waals surface area contributed by atoms with E-state index >= 15 is 0 Å². The van der Waals surface area contributed by atoms with Gasteiger partial charge in [0.05, 0.1) is 0 Å². The second-order valence-electron chi connectivity index (χ2n) is 6.37. The molecular formula is C15H19N5O3S. The van der Waals surface area contributed by atoms with Gasteiger partial charge in [-0.3, -0.25) is 4.79 Å². The summed E-state index contributed by atoms with van der Waals surface area (Å²) in [7, 11) is 0. The van der Waals surface area contributed by atoms with Crippen LogP contribution in [0.5, 0.6) is 0 Å². The molecule has 0 atom stereocenters. The van der Waals surface area contributed by atoms with Gasteiger partial charge in [0.25, 0.3) is 4.96 Å². The number of fused-ring (bicyclic) bond motifs is 1. The fraction of sp³-hybridized carbons (Fsp3) is 0.600. The van der Waals surface area contributed by atoms with E-state index in [9.17, 15) is 14.9 Å². The van der Waals surface area contributed by atoms with E-state index in [1.807, 2.05) is 9.80 Å². The molecule has 8 nitrogen and oxygen atoms in total. The van der Waals surface area contributed by atoms with Crippen LogP contribution in [0.15, 0.2) is 11.6 Å². The van der Waals surface area contributed by atoms with Crippen molar-refractivity contribution in [3.63, 3.8) is 0 Å². The van der Waals surface area contributed by atoms with Gasteiger partial charge in [0.2, 0.25) is 11.7 Å². The highest BCUT2D eigenvalue weighted by Crippen LogP contribution is 2.34. The van der Waals surface area contributed by atoms with Crippen LogP contribution < -0.4 is 4.90 Å². The standard InChI is InChI=1S/C15H19N5O3S/c21-14(18-5-1-2-6-18)11-3-7-17(8-4-11)12-13(20(22)23)19-9-10-24-15(19)16-12/h9-11H,1-8H2. The quantitative estimate of drug-likeness (QED) is 0.626. The predicted octanol–water partition coefficient (Wildman–Crippen LogP) is 2.14. The Bertz CT molecular complexity index is 771. The number of carbonyl (C=O) groups is 1. The number of hydrogen-bond donors (Lipinski definition) is 0. The van der Waals surface area contributed by atoms with Gasteiger partial charge >= 0.3 is 5.82 Å². The molecule has 0 spiro atoms. The van der Waals surface area contributed by atoms with Crippen LogP contribution in [0, 0.1) is 16.0 Å². The monoisotopic (exact) mass is 349 g/mol. The summed E-state index contributed by atoms with van der Waals surface area (Å²) in [4.78, 5) is 32.6. The fourth-order valence-electron chi connectivity index (χ4n) is 3.68. The number of piperidine rings is 1. The molecule has 1 amide bonds. The first kappa shape index (κ1) is 15.4. The molecule has 0 saturated carbocycles. The van der Waals surface area contributed by atoms with Crippen molar-refractivity contribution < 1.29 is 9.72 Å². The van der Waals surface area contributed by atoms with Crippen LogP contribution in [0.4, 0.5) is 11.6 Å². The largest absolute Gasteiger partial charge is 0.373 e. The number of amides is 1. The average Bonchev–Trinajstić information content (AvgIpc) is 3.30. The Balaban J connectivity index is 1.50. The van der Waals surface area contributed by atoms with E-state index in [-0.39, 0.29) is 22.6 Å². The van der Waals surface area contributed by atoms with E-state index in [1.54, 1.807) is 11.6 Å². The first-order valence-electron chi connectivity index (χ1n) is 8.29. The molecule has 9 heteroatoms. The lowest BCUT2D eigenvalue weighted by molar-refractivity contribution is -0.389. The molecule has 128 valence electrons. The van der Waals surface area contributed by atoms with Crippen LogP contribution in [0.25, 0.3) is 4.96 Å². The van der Waals surface area contributed by atoms with E-state index < -0.39 is 0 Å². The van der Waals surface area contributed by atoms with Crippen LogP contribution in [-0.4, -0.2) is 51.3 Å². The van der Waals surface area contributed by atoms with Crippen LogP contribution in [0.1, 0.15) is 25.7 Å². The van der Waals surface area contributed by atoms with Gasteiger partial charge in [-0.1, -0.05) is 11.3 Å². The second-order valence-corrected chi connectivity index (χ2v) is 7.24. The molecule has 0 aromatic carbocycles. The van der Waals surface area contributed by atoms with Crippen molar-refractivity contribution in [1.29, 1.82) is 0 Å². The van der Waals surface area contributed by atoms with Crippen molar-refractivity contribution in [2.75, 3.05) is 31.1 Å². The van der Waals surface area contributed by atoms with Gasteiger partial charge in [-0.25, -0.2) is 0 Å². The molecule has 2 fully saturated rings. The Kier molecular flexibility index (Phi) is 3.87.